The molecule has 2 fully saturated rings. The SMILES string of the molecule is CC1C(CN2CCC(O)C2)OC(c2cccc(NC(=O)c3cccnc3)c2)OC1c1ccc(CO)cc1. The zero-order valence-corrected chi connectivity index (χ0v) is 20.9. The fraction of sp³-hybridized carbons (Fsp3) is 0.379. The minimum Gasteiger partial charge on any atom is -0.392 e. The van der Waals surface area contributed by atoms with Gasteiger partial charge in [0.2, 0.25) is 0 Å². The number of nitrogens with one attached hydrogen (secondary N) is 1. The Morgan fingerprint density at radius 3 is 2.65 bits per heavy atom. The van der Waals surface area contributed by atoms with Crippen LogP contribution < -0.4 is 5.32 Å². The molecule has 8 heteroatoms. The summed E-state index contributed by atoms with van der Waals surface area (Å²) in [6.45, 7) is 4.29. The molecule has 3 heterocycles. The first-order valence-corrected chi connectivity index (χ1v) is 12.7. The number of nitrogens with zero attached hydrogens (tertiary/aromatic N) is 2. The van der Waals surface area contributed by atoms with Crippen LogP contribution in [0.5, 0.6) is 0 Å². The summed E-state index contributed by atoms with van der Waals surface area (Å²) in [4.78, 5) is 18.9. The number of benzene rings is 2. The maximum Gasteiger partial charge on any atom is 0.257 e. The Balaban J connectivity index is 1.38. The van der Waals surface area contributed by atoms with Crippen LogP contribution in [0.15, 0.2) is 73.1 Å². The molecular formula is C29H33N3O5. The number of aromatic nitrogens is 1. The number of hydrogen-bond acceptors (Lipinski definition) is 7. The highest BCUT2D eigenvalue weighted by Crippen LogP contribution is 2.42. The van der Waals surface area contributed by atoms with Crippen LogP contribution in [0.25, 0.3) is 0 Å². The summed E-state index contributed by atoms with van der Waals surface area (Å²) in [7, 11) is 0. The number of amides is 1. The minimum atomic E-state index is -0.633. The third-order valence-electron chi connectivity index (χ3n) is 7.15. The molecule has 5 unspecified atom stereocenters. The number of β-amino-alcohol motifs (C(OH)–C–C–N with tert-alkyl or cyclic N) is 1. The number of carbonyl (C=O) groups is 1. The maximum absolute atomic E-state index is 12.6. The van der Waals surface area contributed by atoms with Gasteiger partial charge in [0.1, 0.15) is 0 Å². The lowest BCUT2D eigenvalue weighted by Gasteiger charge is -2.42. The molecular weight excluding hydrogens is 470 g/mol. The van der Waals surface area contributed by atoms with E-state index in [2.05, 4.69) is 22.1 Å². The second kappa shape index (κ2) is 11.5. The molecule has 2 aliphatic heterocycles. The van der Waals surface area contributed by atoms with E-state index in [0.29, 0.717) is 24.3 Å². The van der Waals surface area contributed by atoms with Crippen LogP contribution in [0.3, 0.4) is 0 Å². The summed E-state index contributed by atoms with van der Waals surface area (Å²) in [6.07, 6.45) is 2.65. The molecule has 5 atom stereocenters. The van der Waals surface area contributed by atoms with Crippen LogP contribution in [-0.4, -0.2) is 57.8 Å². The van der Waals surface area contributed by atoms with Gasteiger partial charge in [0, 0.05) is 49.2 Å². The van der Waals surface area contributed by atoms with Gasteiger partial charge in [-0.1, -0.05) is 43.3 Å². The molecule has 8 nitrogen and oxygen atoms in total. The normalized spacial score (nSPS) is 26.2. The Labute approximate surface area is 216 Å². The van der Waals surface area contributed by atoms with Gasteiger partial charge in [0.25, 0.3) is 5.91 Å². The maximum atomic E-state index is 12.6. The van der Waals surface area contributed by atoms with Crippen LogP contribution in [-0.2, 0) is 16.1 Å². The van der Waals surface area contributed by atoms with Gasteiger partial charge in [-0.25, -0.2) is 0 Å². The second-order valence-corrected chi connectivity index (χ2v) is 9.85. The number of carbonyl (C=O) groups excluding carboxylic acids is 1. The van der Waals surface area contributed by atoms with Crippen molar-refractivity contribution in [1.29, 1.82) is 0 Å². The fourth-order valence-corrected chi connectivity index (χ4v) is 5.02. The van der Waals surface area contributed by atoms with Gasteiger partial charge in [-0.2, -0.15) is 0 Å². The van der Waals surface area contributed by atoms with Crippen LogP contribution in [0.2, 0.25) is 0 Å². The quantitative estimate of drug-likeness (QED) is 0.452. The van der Waals surface area contributed by atoms with E-state index >= 15 is 0 Å². The van der Waals surface area contributed by atoms with Crippen molar-refractivity contribution in [1.82, 2.24) is 9.88 Å². The molecule has 0 aliphatic carbocycles. The molecule has 2 aromatic carbocycles. The predicted octanol–water partition coefficient (Wildman–Crippen LogP) is 3.68. The Hall–Kier alpha value is -3.14. The average molecular weight is 504 g/mol. The van der Waals surface area contributed by atoms with E-state index in [1.807, 2.05) is 48.5 Å². The van der Waals surface area contributed by atoms with E-state index in [-0.39, 0.29) is 36.7 Å². The number of anilines is 1. The Bertz CT molecular complexity index is 1190. The van der Waals surface area contributed by atoms with Gasteiger partial charge in [-0.05, 0) is 41.8 Å². The zero-order chi connectivity index (χ0) is 25.8. The molecule has 0 saturated carbocycles. The molecule has 0 bridgehead atoms. The van der Waals surface area contributed by atoms with Gasteiger partial charge in [-0.3, -0.25) is 14.7 Å². The van der Waals surface area contributed by atoms with Crippen LogP contribution in [0, 0.1) is 5.92 Å². The van der Waals surface area contributed by atoms with Crippen molar-refractivity contribution in [2.75, 3.05) is 25.0 Å². The van der Waals surface area contributed by atoms with E-state index in [4.69, 9.17) is 9.47 Å². The first-order valence-electron chi connectivity index (χ1n) is 12.7. The van der Waals surface area contributed by atoms with E-state index < -0.39 is 6.29 Å². The molecule has 0 spiro atoms. The number of pyridine rings is 1. The smallest absolute Gasteiger partial charge is 0.257 e. The van der Waals surface area contributed by atoms with Crippen molar-refractivity contribution in [2.24, 2.45) is 5.92 Å². The molecule has 1 aromatic heterocycles. The molecule has 3 aromatic rings. The third kappa shape index (κ3) is 6.06. The first-order chi connectivity index (χ1) is 18.0. The van der Waals surface area contributed by atoms with Crippen LogP contribution in [0.1, 0.15) is 52.8 Å². The highest BCUT2D eigenvalue weighted by molar-refractivity contribution is 6.04. The van der Waals surface area contributed by atoms with Gasteiger partial charge >= 0.3 is 0 Å². The van der Waals surface area contributed by atoms with Crippen molar-refractivity contribution in [3.8, 4) is 0 Å². The van der Waals surface area contributed by atoms with Gasteiger partial charge in [0.05, 0.1) is 30.5 Å². The monoisotopic (exact) mass is 503 g/mol. The summed E-state index contributed by atoms with van der Waals surface area (Å²) < 4.78 is 13.0. The van der Waals surface area contributed by atoms with Crippen LogP contribution in [0.4, 0.5) is 5.69 Å². The molecule has 0 radical (unpaired) electrons. The highest BCUT2D eigenvalue weighted by atomic mass is 16.7. The lowest BCUT2D eigenvalue weighted by molar-refractivity contribution is -0.276. The Morgan fingerprint density at radius 1 is 1.11 bits per heavy atom. The first kappa shape index (κ1) is 25.5. The molecule has 2 aliphatic rings. The minimum absolute atomic E-state index is 0.00936. The molecule has 194 valence electrons. The topological polar surface area (TPSA) is 104 Å². The summed E-state index contributed by atoms with van der Waals surface area (Å²) in [5.41, 5.74) is 3.79. The van der Waals surface area contributed by atoms with Gasteiger partial charge < -0.3 is 25.0 Å². The Morgan fingerprint density at radius 2 is 1.95 bits per heavy atom. The molecule has 37 heavy (non-hydrogen) atoms. The lowest BCUT2D eigenvalue weighted by atomic mass is 9.90. The molecule has 5 rings (SSSR count). The van der Waals surface area contributed by atoms with Gasteiger partial charge in [-0.15, -0.1) is 0 Å². The van der Waals surface area contributed by atoms with Crippen molar-refractivity contribution in [3.05, 3.63) is 95.3 Å². The van der Waals surface area contributed by atoms with E-state index in [1.165, 1.54) is 6.20 Å². The molecule has 3 N–H and O–H groups in total. The average Bonchev–Trinajstić information content (AvgIpc) is 3.35. The molecule has 2 saturated heterocycles. The number of rotatable bonds is 7. The zero-order valence-electron chi connectivity index (χ0n) is 20.9. The van der Waals surface area contributed by atoms with E-state index in [0.717, 1.165) is 29.7 Å². The number of likely N-dealkylation sites (tertiary alicyclic amines) is 1. The largest absolute Gasteiger partial charge is 0.392 e. The lowest BCUT2D eigenvalue weighted by Crippen LogP contribution is -2.44. The predicted molar refractivity (Wildman–Crippen MR) is 139 cm³/mol. The summed E-state index contributed by atoms with van der Waals surface area (Å²) in [6, 6.07) is 18.8. The molecule has 1 amide bonds. The Kier molecular flexibility index (Phi) is 7.93. The number of aliphatic hydroxyl groups excluding tert-OH is 2. The van der Waals surface area contributed by atoms with Crippen LogP contribution >= 0.6 is 0 Å². The summed E-state index contributed by atoms with van der Waals surface area (Å²) >= 11 is 0. The number of ether oxygens (including phenoxy) is 2. The fourth-order valence-electron chi connectivity index (χ4n) is 5.02. The standard InChI is InChI=1S/C29H33N3O5/c1-19-26(17-32-13-11-25(34)16-32)36-29(37-27(19)21-9-7-20(18-33)8-10-21)22-4-2-6-24(14-22)31-28(35)23-5-3-12-30-15-23/h2-10,12,14-15,19,25-27,29,33-34H,11,13,16-18H2,1H3,(H,31,35). The highest BCUT2D eigenvalue weighted by Gasteiger charge is 2.40. The van der Waals surface area contributed by atoms with Gasteiger partial charge in [0.15, 0.2) is 6.29 Å². The van der Waals surface area contributed by atoms with Crippen molar-refractivity contribution in [2.45, 2.75) is 44.6 Å². The van der Waals surface area contributed by atoms with E-state index in [1.54, 1.807) is 18.3 Å². The number of hydrogen-bond donors (Lipinski definition) is 3. The van der Waals surface area contributed by atoms with E-state index in [9.17, 15) is 15.0 Å². The van der Waals surface area contributed by atoms with Crippen molar-refractivity contribution in [3.63, 3.8) is 0 Å². The third-order valence-corrected chi connectivity index (χ3v) is 7.15. The van der Waals surface area contributed by atoms with Crippen molar-refractivity contribution < 1.29 is 24.5 Å². The summed E-state index contributed by atoms with van der Waals surface area (Å²) in [5, 5.41) is 22.4. The number of aliphatic hydroxyl groups is 2. The summed E-state index contributed by atoms with van der Waals surface area (Å²) in [5.74, 6) is -0.181. The second-order valence-electron chi connectivity index (χ2n) is 9.85. The van der Waals surface area contributed by atoms with Crippen molar-refractivity contribution >= 4 is 11.6 Å².